The molecule has 0 radical (unpaired) electrons. The van der Waals surface area contributed by atoms with Crippen molar-refractivity contribution in [3.8, 4) is 22.6 Å². The van der Waals surface area contributed by atoms with Gasteiger partial charge in [-0.05, 0) is 26.3 Å². The lowest BCUT2D eigenvalue weighted by molar-refractivity contribution is -0.134. The van der Waals surface area contributed by atoms with Gasteiger partial charge in [0.05, 0.1) is 31.7 Å². The van der Waals surface area contributed by atoms with Gasteiger partial charge in [-0.25, -0.2) is 14.8 Å². The van der Waals surface area contributed by atoms with Gasteiger partial charge in [-0.3, -0.25) is 14.2 Å². The van der Waals surface area contributed by atoms with Crippen LogP contribution in [0.1, 0.15) is 44.1 Å². The van der Waals surface area contributed by atoms with Crippen LogP contribution in [0.2, 0.25) is 0 Å². The Hall–Kier alpha value is -4.12. The Kier molecular flexibility index (Phi) is 12.8. The van der Waals surface area contributed by atoms with Crippen LogP contribution in [0.25, 0.3) is 22.6 Å². The summed E-state index contributed by atoms with van der Waals surface area (Å²) in [7, 11) is -3.77. The topological polar surface area (TPSA) is 140 Å². The molecule has 4 rings (SSSR count). The van der Waals surface area contributed by atoms with Crippen LogP contribution in [0, 0.1) is 0 Å². The Morgan fingerprint density at radius 1 is 0.848 bits per heavy atom. The van der Waals surface area contributed by atoms with Crippen molar-refractivity contribution in [1.29, 1.82) is 0 Å². The molecular weight excluding hydrogens is 609 g/mol. The molecular formula is C33H42N5O7P. The van der Waals surface area contributed by atoms with Crippen molar-refractivity contribution in [2.45, 2.75) is 39.7 Å². The highest BCUT2D eigenvalue weighted by Crippen LogP contribution is 2.48. The molecule has 1 aromatic heterocycles. The fourth-order valence-electron chi connectivity index (χ4n) is 4.94. The van der Waals surface area contributed by atoms with Crippen molar-refractivity contribution >= 4 is 25.5 Å². The van der Waals surface area contributed by atoms with E-state index in [1.54, 1.807) is 24.8 Å². The summed E-state index contributed by atoms with van der Waals surface area (Å²) in [6, 6.07) is 19.0. The summed E-state index contributed by atoms with van der Waals surface area (Å²) in [6.07, 6.45) is 0.888. The quantitative estimate of drug-likeness (QED) is 0.183. The van der Waals surface area contributed by atoms with E-state index in [2.05, 4.69) is 10.3 Å². The zero-order valence-corrected chi connectivity index (χ0v) is 27.5. The van der Waals surface area contributed by atoms with Crippen molar-refractivity contribution in [3.63, 3.8) is 0 Å². The third-order valence-electron chi connectivity index (χ3n) is 7.29. The summed E-state index contributed by atoms with van der Waals surface area (Å²) in [6.45, 7) is 6.85. The number of carbonyl (C=O) groups excluding carboxylic acids is 3. The second-order valence-corrected chi connectivity index (χ2v) is 12.7. The van der Waals surface area contributed by atoms with E-state index in [4.69, 9.17) is 18.8 Å². The molecule has 12 nitrogen and oxygen atoms in total. The third kappa shape index (κ3) is 9.45. The maximum Gasteiger partial charge on any atom is 0.409 e. The number of piperazine rings is 1. The minimum absolute atomic E-state index is 0.0350. The van der Waals surface area contributed by atoms with Gasteiger partial charge in [0.2, 0.25) is 5.91 Å². The normalized spacial score (nSPS) is 14.1. The SMILES string of the molecule is CCCCOC(=O)N1CCN(C(=O)C(CP(=O)(OCC)OCC)NC(=O)c2cc(-c3ccccc3)nc(-c3ccccc3)n2)CC1. The Morgan fingerprint density at radius 2 is 1.43 bits per heavy atom. The number of carbonyl (C=O) groups is 3. The van der Waals surface area contributed by atoms with Gasteiger partial charge in [0.25, 0.3) is 5.91 Å². The molecule has 0 bridgehead atoms. The molecule has 1 N–H and O–H groups in total. The van der Waals surface area contributed by atoms with Gasteiger partial charge in [0.15, 0.2) is 5.82 Å². The van der Waals surface area contributed by atoms with Gasteiger partial charge in [0, 0.05) is 37.3 Å². The lowest BCUT2D eigenvalue weighted by atomic mass is 10.1. The first-order valence-corrected chi connectivity index (χ1v) is 17.4. The summed E-state index contributed by atoms with van der Waals surface area (Å²) in [5, 5.41) is 2.77. The molecule has 0 aliphatic carbocycles. The van der Waals surface area contributed by atoms with Crippen molar-refractivity contribution < 1.29 is 32.7 Å². The molecule has 0 saturated carbocycles. The molecule has 3 aromatic rings. The number of nitrogens with zero attached hydrogens (tertiary/aromatic N) is 4. The van der Waals surface area contributed by atoms with E-state index in [1.165, 1.54) is 4.90 Å². The summed E-state index contributed by atoms with van der Waals surface area (Å²) in [4.78, 5) is 52.6. The number of benzene rings is 2. The molecule has 1 saturated heterocycles. The van der Waals surface area contributed by atoms with Gasteiger partial charge in [-0.1, -0.05) is 74.0 Å². The number of nitrogens with one attached hydrogen (secondary N) is 1. The maximum absolute atomic E-state index is 13.9. The van der Waals surface area contributed by atoms with Crippen LogP contribution in [0.15, 0.2) is 66.7 Å². The maximum atomic E-state index is 13.9. The molecule has 46 heavy (non-hydrogen) atoms. The molecule has 2 heterocycles. The number of aromatic nitrogens is 2. The van der Waals surface area contributed by atoms with Gasteiger partial charge in [-0.2, -0.15) is 0 Å². The molecule has 2 aromatic carbocycles. The number of hydrogen-bond acceptors (Lipinski definition) is 9. The molecule has 13 heteroatoms. The first-order chi connectivity index (χ1) is 22.3. The number of hydrogen-bond donors (Lipinski definition) is 1. The summed E-state index contributed by atoms with van der Waals surface area (Å²) in [5.74, 6) is -0.772. The zero-order chi connectivity index (χ0) is 32.9. The largest absolute Gasteiger partial charge is 0.449 e. The first kappa shape index (κ1) is 34.7. The molecule has 1 atom stereocenters. The van der Waals surface area contributed by atoms with Crippen LogP contribution in [0.5, 0.6) is 0 Å². The van der Waals surface area contributed by atoms with Crippen molar-refractivity contribution in [2.75, 3.05) is 52.2 Å². The van der Waals surface area contributed by atoms with Crippen LogP contribution in [-0.2, 0) is 23.1 Å². The fourth-order valence-corrected chi connectivity index (χ4v) is 6.71. The fraction of sp³-hybridized carbons (Fsp3) is 0.424. The highest BCUT2D eigenvalue weighted by Gasteiger charge is 2.37. The zero-order valence-electron chi connectivity index (χ0n) is 26.6. The van der Waals surface area contributed by atoms with E-state index in [1.807, 2.05) is 67.6 Å². The van der Waals surface area contributed by atoms with E-state index in [9.17, 15) is 18.9 Å². The highest BCUT2D eigenvalue weighted by atomic mass is 31.2. The highest BCUT2D eigenvalue weighted by molar-refractivity contribution is 7.54. The van der Waals surface area contributed by atoms with Crippen LogP contribution in [0.3, 0.4) is 0 Å². The molecule has 1 fully saturated rings. The van der Waals surface area contributed by atoms with Crippen molar-refractivity contribution in [1.82, 2.24) is 25.1 Å². The average Bonchev–Trinajstić information content (AvgIpc) is 3.08. The van der Waals surface area contributed by atoms with E-state index in [0.29, 0.717) is 23.7 Å². The number of unbranched alkanes of at least 4 members (excludes halogenated alkanes) is 1. The third-order valence-corrected chi connectivity index (χ3v) is 9.41. The van der Waals surface area contributed by atoms with E-state index < -0.39 is 31.5 Å². The molecule has 1 unspecified atom stereocenters. The number of ether oxygens (including phenoxy) is 1. The lowest BCUT2D eigenvalue weighted by Crippen LogP contribution is -2.57. The minimum atomic E-state index is -3.77. The van der Waals surface area contributed by atoms with E-state index in [-0.39, 0.29) is 51.2 Å². The molecule has 0 spiro atoms. The molecule has 1 aliphatic heterocycles. The van der Waals surface area contributed by atoms with Crippen LogP contribution in [0.4, 0.5) is 4.79 Å². The Morgan fingerprint density at radius 3 is 2.02 bits per heavy atom. The van der Waals surface area contributed by atoms with E-state index >= 15 is 0 Å². The smallest absolute Gasteiger partial charge is 0.409 e. The average molecular weight is 652 g/mol. The number of rotatable bonds is 14. The van der Waals surface area contributed by atoms with E-state index in [0.717, 1.165) is 18.4 Å². The van der Waals surface area contributed by atoms with Gasteiger partial charge in [-0.15, -0.1) is 0 Å². The first-order valence-electron chi connectivity index (χ1n) is 15.7. The molecule has 3 amide bonds. The number of amides is 3. The van der Waals surface area contributed by atoms with Crippen LogP contribution < -0.4 is 5.32 Å². The second kappa shape index (κ2) is 17.0. The Labute approximate surface area is 270 Å². The van der Waals surface area contributed by atoms with Gasteiger partial charge >= 0.3 is 13.7 Å². The molecule has 1 aliphatic rings. The summed E-state index contributed by atoms with van der Waals surface area (Å²) >= 11 is 0. The summed E-state index contributed by atoms with van der Waals surface area (Å²) in [5.41, 5.74) is 2.06. The second-order valence-electron chi connectivity index (χ2n) is 10.6. The standard InChI is InChI=1S/C33H42N5O7P/c1-4-7-22-43-33(41)38-20-18-37(19-21-38)32(40)29(24-46(42,44-5-2)45-6-3)36-31(39)28-23-27(25-14-10-8-11-15-25)34-30(35-28)26-16-12-9-13-17-26/h8-17,23,29H,4-7,18-22,24H2,1-3H3,(H,36,39). The van der Waals surface area contributed by atoms with Crippen LogP contribution >= 0.6 is 7.60 Å². The Bertz CT molecular complexity index is 1430. The predicted octanol–water partition coefficient (Wildman–Crippen LogP) is 5.26. The minimum Gasteiger partial charge on any atom is -0.449 e. The molecule has 246 valence electrons. The Balaban J connectivity index is 1.60. The van der Waals surface area contributed by atoms with Gasteiger partial charge in [0.1, 0.15) is 11.7 Å². The predicted molar refractivity (Wildman–Crippen MR) is 174 cm³/mol. The van der Waals surface area contributed by atoms with Gasteiger partial charge < -0.3 is 28.9 Å². The lowest BCUT2D eigenvalue weighted by Gasteiger charge is -2.36. The van der Waals surface area contributed by atoms with Crippen LogP contribution in [-0.4, -0.2) is 95.9 Å². The van der Waals surface area contributed by atoms with Crippen molar-refractivity contribution in [3.05, 3.63) is 72.4 Å². The monoisotopic (exact) mass is 651 g/mol. The summed E-state index contributed by atoms with van der Waals surface area (Å²) < 4.78 is 29.9. The van der Waals surface area contributed by atoms with Crippen molar-refractivity contribution in [2.24, 2.45) is 0 Å².